The number of aliphatic carboxylic acids is 1. The molecule has 1 N–H and O–H groups in total. The van der Waals surface area contributed by atoms with E-state index in [2.05, 4.69) is 17.0 Å². The zero-order valence-electron chi connectivity index (χ0n) is 15.8. The Kier molecular flexibility index (Phi) is 5.08. The number of ether oxygens (including phenoxy) is 1. The van der Waals surface area contributed by atoms with Crippen LogP contribution in [0.15, 0.2) is 30.3 Å². The molecular weight excluding hydrogens is 332 g/mol. The molecule has 1 aromatic carbocycles. The van der Waals surface area contributed by atoms with Crippen LogP contribution in [0.2, 0.25) is 0 Å². The fourth-order valence-corrected chi connectivity index (χ4v) is 3.82. The van der Waals surface area contributed by atoms with Crippen LogP contribution < -0.4 is 0 Å². The Morgan fingerprint density at radius 1 is 1.19 bits per heavy atom. The first kappa shape index (κ1) is 18.9. The monoisotopic (exact) mass is 360 g/mol. The molecule has 0 aromatic heterocycles. The zero-order valence-corrected chi connectivity index (χ0v) is 15.8. The maximum absolute atomic E-state index is 13.0. The van der Waals surface area contributed by atoms with Crippen molar-refractivity contribution >= 4 is 11.9 Å². The predicted octanol–water partition coefficient (Wildman–Crippen LogP) is 2.34. The fraction of sp³-hybridized carbons (Fsp3) is 0.600. The molecule has 0 bridgehead atoms. The maximum atomic E-state index is 13.0. The number of benzene rings is 1. The summed E-state index contributed by atoms with van der Waals surface area (Å²) in [5.41, 5.74) is -0.183. The number of carboxylic acid groups (broad SMARTS) is 1. The van der Waals surface area contributed by atoms with Crippen LogP contribution in [0.25, 0.3) is 0 Å². The Balaban J connectivity index is 1.74. The van der Waals surface area contributed by atoms with Gasteiger partial charge in [-0.15, -0.1) is 0 Å². The van der Waals surface area contributed by atoms with E-state index < -0.39 is 23.2 Å². The lowest BCUT2D eigenvalue weighted by molar-refractivity contribution is -0.172. The zero-order chi connectivity index (χ0) is 18.9. The van der Waals surface area contributed by atoms with Crippen LogP contribution in [-0.2, 0) is 20.9 Å². The molecule has 2 heterocycles. The topological polar surface area (TPSA) is 70.1 Å². The molecule has 1 amide bonds. The molecule has 6 nitrogen and oxygen atoms in total. The van der Waals surface area contributed by atoms with E-state index in [9.17, 15) is 14.7 Å². The van der Waals surface area contributed by atoms with Crippen molar-refractivity contribution in [2.75, 3.05) is 19.7 Å². The van der Waals surface area contributed by atoms with Gasteiger partial charge in [-0.05, 0) is 5.56 Å². The summed E-state index contributed by atoms with van der Waals surface area (Å²) in [6.07, 6.45) is 1.26. The van der Waals surface area contributed by atoms with Gasteiger partial charge in [-0.1, -0.05) is 51.1 Å². The minimum atomic E-state index is -0.994. The van der Waals surface area contributed by atoms with Gasteiger partial charge in [0.2, 0.25) is 5.91 Å². The standard InChI is InChI=1S/C20H28N2O4/c1-19(2,3)18(25)22-16(17(23)24)14-26-20(22)9-11-21(12-10-20)13-15-7-5-4-6-8-15/h4-8,16H,9-14H2,1-3H3,(H,23,24)/t16-/m0/s1. The van der Waals surface area contributed by atoms with Crippen LogP contribution in [0, 0.1) is 5.41 Å². The first-order valence-corrected chi connectivity index (χ1v) is 9.20. The highest BCUT2D eigenvalue weighted by atomic mass is 16.5. The molecule has 1 atom stereocenters. The average molecular weight is 360 g/mol. The van der Waals surface area contributed by atoms with E-state index in [1.54, 1.807) is 0 Å². The van der Waals surface area contributed by atoms with E-state index in [1.165, 1.54) is 10.5 Å². The number of amides is 1. The van der Waals surface area contributed by atoms with Crippen LogP contribution in [0.3, 0.4) is 0 Å². The molecule has 0 aliphatic carbocycles. The summed E-state index contributed by atoms with van der Waals surface area (Å²) in [5, 5.41) is 9.57. The quantitative estimate of drug-likeness (QED) is 0.896. The van der Waals surface area contributed by atoms with Crippen LogP contribution >= 0.6 is 0 Å². The summed E-state index contributed by atoms with van der Waals surface area (Å²) in [4.78, 5) is 28.5. The molecule has 0 saturated carbocycles. The summed E-state index contributed by atoms with van der Waals surface area (Å²) >= 11 is 0. The van der Waals surface area contributed by atoms with Crippen molar-refractivity contribution in [1.82, 2.24) is 9.80 Å². The van der Waals surface area contributed by atoms with Crippen molar-refractivity contribution in [2.45, 2.75) is 51.9 Å². The minimum Gasteiger partial charge on any atom is -0.480 e. The summed E-state index contributed by atoms with van der Waals surface area (Å²) in [6, 6.07) is 9.37. The third kappa shape index (κ3) is 3.62. The van der Waals surface area contributed by atoms with Crippen molar-refractivity contribution < 1.29 is 19.4 Å². The largest absolute Gasteiger partial charge is 0.480 e. The van der Waals surface area contributed by atoms with Crippen molar-refractivity contribution in [2.24, 2.45) is 5.41 Å². The molecule has 6 heteroatoms. The molecule has 0 radical (unpaired) electrons. The fourth-order valence-electron chi connectivity index (χ4n) is 3.82. The second kappa shape index (κ2) is 7.00. The van der Waals surface area contributed by atoms with E-state index in [0.29, 0.717) is 12.8 Å². The molecule has 0 unspecified atom stereocenters. The van der Waals surface area contributed by atoms with Crippen molar-refractivity contribution in [1.29, 1.82) is 0 Å². The van der Waals surface area contributed by atoms with Gasteiger partial charge in [0.25, 0.3) is 0 Å². The molecule has 1 spiro atoms. The summed E-state index contributed by atoms with van der Waals surface area (Å²) in [5.74, 6) is -1.15. The van der Waals surface area contributed by atoms with Gasteiger partial charge in [0, 0.05) is 37.9 Å². The van der Waals surface area contributed by atoms with Crippen LogP contribution in [-0.4, -0.2) is 58.2 Å². The SMILES string of the molecule is CC(C)(C)C(=O)N1[C@H](C(=O)O)COC12CCN(Cc1ccccc1)CC2. The molecule has 2 fully saturated rings. The Morgan fingerprint density at radius 3 is 2.35 bits per heavy atom. The number of hydrogen-bond acceptors (Lipinski definition) is 4. The Hall–Kier alpha value is -1.92. The van der Waals surface area contributed by atoms with Crippen molar-refractivity contribution in [3.05, 3.63) is 35.9 Å². The minimum absolute atomic E-state index is 0.0653. The molecule has 2 aliphatic heterocycles. The first-order valence-electron chi connectivity index (χ1n) is 9.20. The highest BCUT2D eigenvalue weighted by Crippen LogP contribution is 2.40. The molecule has 3 rings (SSSR count). The number of nitrogens with zero attached hydrogens (tertiary/aromatic N) is 2. The van der Waals surface area contributed by atoms with E-state index in [1.807, 2.05) is 39.0 Å². The van der Waals surface area contributed by atoms with Gasteiger partial charge in [0.1, 0.15) is 5.72 Å². The lowest BCUT2D eigenvalue weighted by Gasteiger charge is -2.46. The number of carboxylic acids is 1. The average Bonchev–Trinajstić information content (AvgIpc) is 2.95. The molecule has 142 valence electrons. The molecule has 2 aliphatic rings. The van der Waals surface area contributed by atoms with Crippen molar-refractivity contribution in [3.8, 4) is 0 Å². The van der Waals surface area contributed by atoms with Crippen LogP contribution in [0.1, 0.15) is 39.2 Å². The van der Waals surface area contributed by atoms with Gasteiger partial charge in [0.05, 0.1) is 6.61 Å². The number of carbonyl (C=O) groups excluding carboxylic acids is 1. The van der Waals surface area contributed by atoms with Crippen LogP contribution in [0.5, 0.6) is 0 Å². The number of carbonyl (C=O) groups is 2. The summed E-state index contributed by atoms with van der Waals surface area (Å²) < 4.78 is 5.98. The van der Waals surface area contributed by atoms with Crippen molar-refractivity contribution in [3.63, 3.8) is 0 Å². The van der Waals surface area contributed by atoms with Crippen LogP contribution in [0.4, 0.5) is 0 Å². The molecule has 26 heavy (non-hydrogen) atoms. The second-order valence-electron chi connectivity index (χ2n) is 8.30. The van der Waals surface area contributed by atoms with E-state index in [4.69, 9.17) is 4.74 Å². The lowest BCUT2D eigenvalue weighted by Crippen LogP contribution is -2.60. The highest BCUT2D eigenvalue weighted by molar-refractivity contribution is 5.88. The van der Waals surface area contributed by atoms with E-state index in [0.717, 1.165) is 19.6 Å². The molecule has 2 saturated heterocycles. The Morgan fingerprint density at radius 2 is 1.81 bits per heavy atom. The number of likely N-dealkylation sites (tertiary alicyclic amines) is 1. The number of hydrogen-bond donors (Lipinski definition) is 1. The van der Waals surface area contributed by atoms with Gasteiger partial charge >= 0.3 is 5.97 Å². The third-order valence-electron chi connectivity index (χ3n) is 5.29. The smallest absolute Gasteiger partial charge is 0.328 e. The molecule has 1 aromatic rings. The van der Waals surface area contributed by atoms with Gasteiger partial charge < -0.3 is 9.84 Å². The van der Waals surface area contributed by atoms with Gasteiger partial charge in [-0.25, -0.2) is 4.79 Å². The summed E-state index contributed by atoms with van der Waals surface area (Å²) in [6.45, 7) is 7.94. The second-order valence-corrected chi connectivity index (χ2v) is 8.30. The number of piperidine rings is 1. The predicted molar refractivity (Wildman–Crippen MR) is 97.4 cm³/mol. The Bertz CT molecular complexity index is 660. The molecular formula is C20H28N2O4. The third-order valence-corrected chi connectivity index (χ3v) is 5.29. The number of rotatable bonds is 3. The van der Waals surface area contributed by atoms with Gasteiger partial charge in [0.15, 0.2) is 6.04 Å². The normalized spacial score (nSPS) is 23.3. The highest BCUT2D eigenvalue weighted by Gasteiger charge is 2.55. The summed E-state index contributed by atoms with van der Waals surface area (Å²) in [7, 11) is 0. The van der Waals surface area contributed by atoms with E-state index >= 15 is 0 Å². The Labute approximate surface area is 154 Å². The lowest BCUT2D eigenvalue weighted by atomic mass is 9.90. The van der Waals surface area contributed by atoms with Gasteiger partial charge in [-0.3, -0.25) is 14.6 Å². The van der Waals surface area contributed by atoms with Gasteiger partial charge in [-0.2, -0.15) is 0 Å². The maximum Gasteiger partial charge on any atom is 0.328 e. The first-order chi connectivity index (χ1) is 12.2. The van der Waals surface area contributed by atoms with E-state index in [-0.39, 0.29) is 12.5 Å².